The minimum Gasteiger partial charge on any atom is -0.348 e. The Morgan fingerprint density at radius 1 is 1.14 bits per heavy atom. The van der Waals surface area contributed by atoms with Crippen LogP contribution in [0.3, 0.4) is 0 Å². The number of urea groups is 1. The first-order valence-electron chi connectivity index (χ1n) is 9.12. The minimum atomic E-state index is -1.15. The molecule has 0 radical (unpaired) electrons. The van der Waals surface area contributed by atoms with Crippen molar-refractivity contribution in [1.29, 1.82) is 0 Å². The predicted molar refractivity (Wildman–Crippen MR) is 107 cm³/mol. The Balaban J connectivity index is 1.74. The van der Waals surface area contributed by atoms with E-state index in [0.717, 1.165) is 10.5 Å². The molecule has 28 heavy (non-hydrogen) atoms. The highest BCUT2D eigenvalue weighted by molar-refractivity contribution is 6.31. The molecule has 1 aliphatic heterocycles. The Kier molecular flexibility index (Phi) is 5.70. The molecule has 0 spiro atoms. The SMILES string of the molecule is CC[C@]1(c2ccccc2)NC(=O)N(CC(=O)N[C@H](C)c2ccccc2Cl)C1=O. The van der Waals surface area contributed by atoms with Gasteiger partial charge in [-0.2, -0.15) is 0 Å². The molecular formula is C21H22ClN3O3. The summed E-state index contributed by atoms with van der Waals surface area (Å²) < 4.78 is 0. The summed E-state index contributed by atoms with van der Waals surface area (Å²) in [5.74, 6) is -0.859. The van der Waals surface area contributed by atoms with Crippen molar-refractivity contribution in [3.05, 3.63) is 70.7 Å². The van der Waals surface area contributed by atoms with Gasteiger partial charge in [0.1, 0.15) is 12.1 Å². The summed E-state index contributed by atoms with van der Waals surface area (Å²) in [6, 6.07) is 15.3. The predicted octanol–water partition coefficient (Wildman–Crippen LogP) is 3.37. The highest BCUT2D eigenvalue weighted by atomic mass is 35.5. The van der Waals surface area contributed by atoms with Crippen LogP contribution < -0.4 is 10.6 Å². The molecule has 1 fully saturated rings. The van der Waals surface area contributed by atoms with Gasteiger partial charge in [-0.25, -0.2) is 4.79 Å². The Hall–Kier alpha value is -2.86. The highest BCUT2D eigenvalue weighted by Crippen LogP contribution is 2.32. The number of nitrogens with one attached hydrogen (secondary N) is 2. The minimum absolute atomic E-state index is 0.353. The van der Waals surface area contributed by atoms with Crippen LogP contribution in [0.4, 0.5) is 4.79 Å². The summed E-state index contributed by atoms with van der Waals surface area (Å²) in [5.41, 5.74) is 0.317. The van der Waals surface area contributed by atoms with E-state index in [-0.39, 0.29) is 12.6 Å². The summed E-state index contributed by atoms with van der Waals surface area (Å²) in [6.07, 6.45) is 0.385. The molecule has 6 nitrogen and oxygen atoms in total. The number of carbonyl (C=O) groups excluding carboxylic acids is 3. The number of benzene rings is 2. The number of rotatable bonds is 6. The zero-order valence-corrected chi connectivity index (χ0v) is 16.5. The van der Waals surface area contributed by atoms with E-state index in [2.05, 4.69) is 10.6 Å². The average molecular weight is 400 g/mol. The van der Waals surface area contributed by atoms with Crippen LogP contribution in [0.25, 0.3) is 0 Å². The summed E-state index contributed by atoms with van der Waals surface area (Å²) in [5, 5.41) is 6.10. The van der Waals surface area contributed by atoms with Crippen LogP contribution in [0.1, 0.15) is 37.4 Å². The van der Waals surface area contributed by atoms with Crippen LogP contribution in [-0.4, -0.2) is 29.3 Å². The third kappa shape index (κ3) is 3.60. The maximum absolute atomic E-state index is 13.1. The summed E-state index contributed by atoms with van der Waals surface area (Å²) in [6.45, 7) is 3.27. The molecule has 2 aromatic rings. The largest absolute Gasteiger partial charge is 0.348 e. The maximum atomic E-state index is 13.1. The Morgan fingerprint density at radius 3 is 2.43 bits per heavy atom. The molecule has 1 heterocycles. The molecule has 2 atom stereocenters. The molecular weight excluding hydrogens is 378 g/mol. The molecule has 2 aromatic carbocycles. The van der Waals surface area contributed by atoms with E-state index < -0.39 is 23.4 Å². The lowest BCUT2D eigenvalue weighted by molar-refractivity contribution is -0.135. The lowest BCUT2D eigenvalue weighted by atomic mass is 9.87. The smallest absolute Gasteiger partial charge is 0.325 e. The monoisotopic (exact) mass is 399 g/mol. The second-order valence-electron chi connectivity index (χ2n) is 6.76. The topological polar surface area (TPSA) is 78.5 Å². The summed E-state index contributed by atoms with van der Waals surface area (Å²) in [4.78, 5) is 39.0. The molecule has 7 heteroatoms. The molecule has 1 saturated heterocycles. The van der Waals surface area contributed by atoms with E-state index in [0.29, 0.717) is 17.0 Å². The second kappa shape index (κ2) is 8.02. The van der Waals surface area contributed by atoms with Gasteiger partial charge in [0.15, 0.2) is 0 Å². The quantitative estimate of drug-likeness (QED) is 0.731. The van der Waals surface area contributed by atoms with Gasteiger partial charge in [-0.15, -0.1) is 0 Å². The number of halogens is 1. The normalized spacial score (nSPS) is 20.0. The molecule has 4 amide bonds. The van der Waals surface area contributed by atoms with Gasteiger partial charge in [-0.05, 0) is 30.5 Å². The lowest BCUT2D eigenvalue weighted by Gasteiger charge is -2.25. The van der Waals surface area contributed by atoms with Crippen molar-refractivity contribution in [2.45, 2.75) is 31.8 Å². The Bertz CT molecular complexity index is 903. The number of hydrogen-bond acceptors (Lipinski definition) is 3. The zero-order chi connectivity index (χ0) is 20.3. The van der Waals surface area contributed by atoms with Crippen LogP contribution >= 0.6 is 11.6 Å². The van der Waals surface area contributed by atoms with Crippen LogP contribution in [0.5, 0.6) is 0 Å². The fourth-order valence-electron chi connectivity index (χ4n) is 3.47. The van der Waals surface area contributed by atoms with Crippen molar-refractivity contribution in [3.8, 4) is 0 Å². The first-order valence-corrected chi connectivity index (χ1v) is 9.50. The van der Waals surface area contributed by atoms with Crippen LogP contribution in [-0.2, 0) is 15.1 Å². The van der Waals surface area contributed by atoms with Gasteiger partial charge in [0.25, 0.3) is 5.91 Å². The third-order valence-electron chi connectivity index (χ3n) is 5.02. The fourth-order valence-corrected chi connectivity index (χ4v) is 3.77. The molecule has 0 aliphatic carbocycles. The average Bonchev–Trinajstić information content (AvgIpc) is 2.94. The van der Waals surface area contributed by atoms with Gasteiger partial charge in [-0.1, -0.05) is 67.1 Å². The van der Waals surface area contributed by atoms with Gasteiger partial charge in [0.05, 0.1) is 6.04 Å². The first kappa shape index (κ1) is 19.9. The molecule has 0 unspecified atom stereocenters. The number of hydrogen-bond donors (Lipinski definition) is 2. The van der Waals surface area contributed by atoms with E-state index in [1.807, 2.05) is 43.3 Å². The fraction of sp³-hybridized carbons (Fsp3) is 0.286. The van der Waals surface area contributed by atoms with Crippen molar-refractivity contribution in [1.82, 2.24) is 15.5 Å². The Labute approximate surface area is 168 Å². The van der Waals surface area contributed by atoms with E-state index in [1.165, 1.54) is 0 Å². The van der Waals surface area contributed by atoms with Crippen molar-refractivity contribution in [2.24, 2.45) is 0 Å². The van der Waals surface area contributed by atoms with E-state index in [1.54, 1.807) is 25.1 Å². The van der Waals surface area contributed by atoms with Crippen molar-refractivity contribution < 1.29 is 14.4 Å². The zero-order valence-electron chi connectivity index (χ0n) is 15.7. The van der Waals surface area contributed by atoms with Crippen molar-refractivity contribution >= 4 is 29.4 Å². The van der Waals surface area contributed by atoms with Crippen molar-refractivity contribution in [3.63, 3.8) is 0 Å². The number of nitrogens with zero attached hydrogens (tertiary/aromatic N) is 1. The van der Waals surface area contributed by atoms with Gasteiger partial charge in [-0.3, -0.25) is 14.5 Å². The number of imide groups is 1. The standard InChI is InChI=1S/C21H22ClN3O3/c1-3-21(15-9-5-4-6-10-15)19(27)25(20(28)24-21)13-18(26)23-14(2)16-11-7-8-12-17(16)22/h4-12,14H,3,13H2,1-2H3,(H,23,26)(H,24,28)/t14-,21-/m1/s1. The molecule has 3 rings (SSSR count). The van der Waals surface area contributed by atoms with Gasteiger partial charge in [0.2, 0.25) is 5.91 Å². The van der Waals surface area contributed by atoms with Crippen LogP contribution in [0.2, 0.25) is 5.02 Å². The third-order valence-corrected chi connectivity index (χ3v) is 5.37. The molecule has 1 aliphatic rings. The number of amides is 4. The number of carbonyl (C=O) groups is 3. The van der Waals surface area contributed by atoms with E-state index in [4.69, 9.17) is 11.6 Å². The molecule has 0 aromatic heterocycles. The molecule has 0 bridgehead atoms. The van der Waals surface area contributed by atoms with Gasteiger partial charge >= 0.3 is 6.03 Å². The van der Waals surface area contributed by atoms with Crippen LogP contribution in [0, 0.1) is 0 Å². The van der Waals surface area contributed by atoms with Crippen molar-refractivity contribution in [2.75, 3.05) is 6.54 Å². The van der Waals surface area contributed by atoms with Gasteiger partial charge < -0.3 is 10.6 Å². The van der Waals surface area contributed by atoms with E-state index >= 15 is 0 Å². The lowest BCUT2D eigenvalue weighted by Crippen LogP contribution is -2.45. The van der Waals surface area contributed by atoms with Crippen LogP contribution in [0.15, 0.2) is 54.6 Å². The summed E-state index contributed by atoms with van der Waals surface area (Å²) in [7, 11) is 0. The highest BCUT2D eigenvalue weighted by Gasteiger charge is 2.51. The molecule has 2 N–H and O–H groups in total. The second-order valence-corrected chi connectivity index (χ2v) is 7.16. The maximum Gasteiger partial charge on any atom is 0.325 e. The van der Waals surface area contributed by atoms with Gasteiger partial charge in [0, 0.05) is 5.02 Å². The molecule has 0 saturated carbocycles. The Morgan fingerprint density at radius 2 is 1.79 bits per heavy atom. The summed E-state index contributed by atoms with van der Waals surface area (Å²) >= 11 is 6.16. The van der Waals surface area contributed by atoms with E-state index in [9.17, 15) is 14.4 Å². The first-order chi connectivity index (χ1) is 13.4. The molecule has 146 valence electrons.